The van der Waals surface area contributed by atoms with Crippen LogP contribution in [0.25, 0.3) is 0 Å². The molecule has 2 aromatic rings. The summed E-state index contributed by atoms with van der Waals surface area (Å²) < 4.78 is 10.5. The third-order valence-electron chi connectivity index (χ3n) is 4.08. The fraction of sp³-hybridized carbons (Fsp3) is 0.318. The van der Waals surface area contributed by atoms with Crippen molar-refractivity contribution in [2.45, 2.75) is 33.6 Å². The highest BCUT2D eigenvalue weighted by Crippen LogP contribution is 2.24. The minimum Gasteiger partial charge on any atom is -0.482 e. The first-order chi connectivity index (χ1) is 13.7. The molecule has 0 heterocycles. The summed E-state index contributed by atoms with van der Waals surface area (Å²) in [4.78, 5) is 34.8. The van der Waals surface area contributed by atoms with Gasteiger partial charge in [0.15, 0.2) is 13.2 Å². The molecule has 29 heavy (non-hydrogen) atoms. The van der Waals surface area contributed by atoms with E-state index >= 15 is 0 Å². The van der Waals surface area contributed by atoms with Gasteiger partial charge in [0.1, 0.15) is 5.75 Å². The first-order valence-electron chi connectivity index (χ1n) is 9.31. The third-order valence-corrected chi connectivity index (χ3v) is 4.08. The van der Waals surface area contributed by atoms with Crippen LogP contribution in [0.5, 0.6) is 5.75 Å². The van der Waals surface area contributed by atoms with Crippen molar-refractivity contribution in [3.05, 3.63) is 53.6 Å². The summed E-state index contributed by atoms with van der Waals surface area (Å²) in [5.74, 6) is -0.307. The molecule has 0 aliphatic carbocycles. The second kappa shape index (κ2) is 10.3. The Bertz CT molecular complexity index is 875. The number of carbonyl (C=O) groups excluding carboxylic acids is 3. The van der Waals surface area contributed by atoms with E-state index in [1.165, 1.54) is 6.92 Å². The Kier molecular flexibility index (Phi) is 7.77. The molecule has 0 aliphatic rings. The van der Waals surface area contributed by atoms with E-state index in [-0.39, 0.29) is 12.5 Å². The van der Waals surface area contributed by atoms with Crippen LogP contribution in [0.3, 0.4) is 0 Å². The maximum absolute atomic E-state index is 11.9. The van der Waals surface area contributed by atoms with Crippen molar-refractivity contribution in [1.29, 1.82) is 0 Å². The van der Waals surface area contributed by atoms with Crippen LogP contribution in [0.1, 0.15) is 37.8 Å². The average molecular weight is 398 g/mol. The van der Waals surface area contributed by atoms with E-state index < -0.39 is 18.5 Å². The van der Waals surface area contributed by atoms with Crippen molar-refractivity contribution in [3.63, 3.8) is 0 Å². The highest BCUT2D eigenvalue weighted by atomic mass is 16.6. The van der Waals surface area contributed by atoms with E-state index in [2.05, 4.69) is 24.5 Å². The summed E-state index contributed by atoms with van der Waals surface area (Å²) >= 11 is 0. The SMILES string of the molecule is CC(=O)Nc1ccc(NC(=O)COC(=O)COc2cc(C(C)C)ccc2C)cc1. The normalized spacial score (nSPS) is 10.4. The molecule has 0 saturated carbocycles. The second-order valence-electron chi connectivity index (χ2n) is 6.94. The van der Waals surface area contributed by atoms with Gasteiger partial charge in [-0.25, -0.2) is 4.79 Å². The first-order valence-corrected chi connectivity index (χ1v) is 9.31. The number of rotatable bonds is 8. The molecule has 0 spiro atoms. The molecule has 7 nitrogen and oxygen atoms in total. The van der Waals surface area contributed by atoms with Gasteiger partial charge < -0.3 is 20.1 Å². The van der Waals surface area contributed by atoms with Gasteiger partial charge in [0.25, 0.3) is 5.91 Å². The molecule has 0 atom stereocenters. The lowest BCUT2D eigenvalue weighted by atomic mass is 10.0. The molecule has 2 N–H and O–H groups in total. The highest BCUT2D eigenvalue weighted by molar-refractivity contribution is 5.93. The zero-order valence-corrected chi connectivity index (χ0v) is 17.1. The number of ether oxygens (including phenoxy) is 2. The van der Waals surface area contributed by atoms with Gasteiger partial charge in [0, 0.05) is 18.3 Å². The van der Waals surface area contributed by atoms with Crippen LogP contribution in [0.4, 0.5) is 11.4 Å². The standard InChI is InChI=1S/C22H26N2O5/c1-14(2)17-6-5-15(3)20(11-17)28-13-22(27)29-12-21(26)24-19-9-7-18(8-10-19)23-16(4)25/h5-11,14H,12-13H2,1-4H3,(H,23,25)(H,24,26). The summed E-state index contributed by atoms with van der Waals surface area (Å²) in [6, 6.07) is 12.5. The Balaban J connectivity index is 1.78. The molecule has 0 unspecified atom stereocenters. The number of benzene rings is 2. The molecule has 0 bridgehead atoms. The van der Waals surface area contributed by atoms with Gasteiger partial charge in [-0.05, 0) is 54.3 Å². The fourth-order valence-electron chi connectivity index (χ4n) is 2.49. The van der Waals surface area contributed by atoms with Gasteiger partial charge >= 0.3 is 5.97 Å². The summed E-state index contributed by atoms with van der Waals surface area (Å²) in [7, 11) is 0. The summed E-state index contributed by atoms with van der Waals surface area (Å²) in [5.41, 5.74) is 3.18. The lowest BCUT2D eigenvalue weighted by Crippen LogP contribution is -2.23. The van der Waals surface area contributed by atoms with Gasteiger partial charge in [-0.1, -0.05) is 26.0 Å². The van der Waals surface area contributed by atoms with Crippen molar-refractivity contribution in [1.82, 2.24) is 0 Å². The molecule has 0 saturated heterocycles. The molecule has 0 fully saturated rings. The van der Waals surface area contributed by atoms with Crippen molar-refractivity contribution in [3.8, 4) is 5.75 Å². The Morgan fingerprint density at radius 2 is 1.55 bits per heavy atom. The number of esters is 1. The molecule has 0 radical (unpaired) electrons. The van der Waals surface area contributed by atoms with E-state index in [1.807, 2.05) is 25.1 Å². The first kappa shape index (κ1) is 21.9. The lowest BCUT2D eigenvalue weighted by molar-refractivity contribution is -0.149. The molecular weight excluding hydrogens is 372 g/mol. The van der Waals surface area contributed by atoms with E-state index in [4.69, 9.17) is 9.47 Å². The molecule has 7 heteroatoms. The summed E-state index contributed by atoms with van der Waals surface area (Å²) in [6.07, 6.45) is 0. The monoisotopic (exact) mass is 398 g/mol. The number of amides is 2. The average Bonchev–Trinajstić information content (AvgIpc) is 2.66. The van der Waals surface area contributed by atoms with Crippen LogP contribution >= 0.6 is 0 Å². The molecule has 154 valence electrons. The van der Waals surface area contributed by atoms with E-state index in [1.54, 1.807) is 24.3 Å². The Labute approximate surface area is 170 Å². The Morgan fingerprint density at radius 1 is 0.931 bits per heavy atom. The third kappa shape index (κ3) is 7.29. The minimum absolute atomic E-state index is 0.179. The lowest BCUT2D eigenvalue weighted by Gasteiger charge is -2.12. The summed E-state index contributed by atoms with van der Waals surface area (Å²) in [5, 5.41) is 5.24. The quantitative estimate of drug-likeness (QED) is 0.662. The zero-order valence-electron chi connectivity index (χ0n) is 17.1. The van der Waals surface area contributed by atoms with Crippen LogP contribution in [0.2, 0.25) is 0 Å². The Morgan fingerprint density at radius 3 is 2.14 bits per heavy atom. The fourth-order valence-corrected chi connectivity index (χ4v) is 2.49. The van der Waals surface area contributed by atoms with Crippen LogP contribution < -0.4 is 15.4 Å². The Hall–Kier alpha value is -3.35. The van der Waals surface area contributed by atoms with Gasteiger partial charge in [-0.2, -0.15) is 0 Å². The zero-order chi connectivity index (χ0) is 21.4. The number of carbonyl (C=O) groups is 3. The summed E-state index contributed by atoms with van der Waals surface area (Å²) in [6.45, 7) is 6.77. The second-order valence-corrected chi connectivity index (χ2v) is 6.94. The number of aryl methyl sites for hydroxylation is 1. The van der Waals surface area contributed by atoms with Gasteiger partial charge in [0.05, 0.1) is 0 Å². The van der Waals surface area contributed by atoms with Gasteiger partial charge in [0.2, 0.25) is 5.91 Å². The molecule has 2 rings (SSSR count). The molecule has 0 aromatic heterocycles. The molecular formula is C22H26N2O5. The maximum Gasteiger partial charge on any atom is 0.344 e. The topological polar surface area (TPSA) is 93.7 Å². The number of hydrogen-bond donors (Lipinski definition) is 2. The van der Waals surface area contributed by atoms with Crippen molar-refractivity contribution in [2.75, 3.05) is 23.8 Å². The minimum atomic E-state index is -0.629. The number of nitrogens with one attached hydrogen (secondary N) is 2. The van der Waals surface area contributed by atoms with Crippen molar-refractivity contribution < 1.29 is 23.9 Å². The largest absolute Gasteiger partial charge is 0.482 e. The van der Waals surface area contributed by atoms with Crippen molar-refractivity contribution >= 4 is 29.2 Å². The predicted molar refractivity (Wildman–Crippen MR) is 111 cm³/mol. The molecule has 2 aromatic carbocycles. The van der Waals surface area contributed by atoms with Gasteiger partial charge in [-0.3, -0.25) is 9.59 Å². The smallest absolute Gasteiger partial charge is 0.344 e. The van der Waals surface area contributed by atoms with Crippen LogP contribution in [0.15, 0.2) is 42.5 Å². The van der Waals surface area contributed by atoms with E-state index in [9.17, 15) is 14.4 Å². The van der Waals surface area contributed by atoms with Crippen LogP contribution in [-0.4, -0.2) is 31.0 Å². The van der Waals surface area contributed by atoms with Gasteiger partial charge in [-0.15, -0.1) is 0 Å². The highest BCUT2D eigenvalue weighted by Gasteiger charge is 2.11. The van der Waals surface area contributed by atoms with Crippen LogP contribution in [0, 0.1) is 6.92 Å². The number of anilines is 2. The maximum atomic E-state index is 11.9. The van der Waals surface area contributed by atoms with E-state index in [0.717, 1.165) is 11.1 Å². The molecule has 0 aliphatic heterocycles. The van der Waals surface area contributed by atoms with Crippen molar-refractivity contribution in [2.24, 2.45) is 0 Å². The number of hydrogen-bond acceptors (Lipinski definition) is 5. The van der Waals surface area contributed by atoms with E-state index in [0.29, 0.717) is 23.0 Å². The predicted octanol–water partition coefficient (Wildman–Crippen LogP) is 3.64. The van der Waals surface area contributed by atoms with Crippen LogP contribution in [-0.2, 0) is 19.1 Å². The molecule has 2 amide bonds.